The summed E-state index contributed by atoms with van der Waals surface area (Å²) in [6, 6.07) is 11.2. The number of carbonyl (C=O) groups excluding carboxylic acids is 1. The van der Waals surface area contributed by atoms with Crippen molar-refractivity contribution in [2.75, 3.05) is 6.54 Å². The average molecular weight is 347 g/mol. The summed E-state index contributed by atoms with van der Waals surface area (Å²) in [5, 5.41) is 13.9. The molecule has 0 saturated heterocycles. The molecule has 0 aliphatic carbocycles. The first-order chi connectivity index (χ1) is 11.5. The van der Waals surface area contributed by atoms with E-state index in [1.54, 1.807) is 0 Å². The Morgan fingerprint density at radius 1 is 1.29 bits per heavy atom. The minimum absolute atomic E-state index is 0.0326. The van der Waals surface area contributed by atoms with Crippen molar-refractivity contribution in [3.05, 3.63) is 70.6 Å². The lowest BCUT2D eigenvalue weighted by Gasteiger charge is -2.13. The number of nitrogens with zero attached hydrogens (tertiary/aromatic N) is 1. The fourth-order valence-corrected chi connectivity index (χ4v) is 2.84. The van der Waals surface area contributed by atoms with E-state index in [1.165, 1.54) is 12.1 Å². The van der Waals surface area contributed by atoms with Crippen molar-refractivity contribution in [1.29, 1.82) is 0 Å². The molecule has 0 radical (unpaired) electrons. The SMILES string of the molecule is Cn1ccc2cc(C(O)CNC(=O)c3ccc(F)cc3Cl)ccc21. The zero-order valence-corrected chi connectivity index (χ0v) is 13.7. The van der Waals surface area contributed by atoms with Gasteiger partial charge in [-0.05, 0) is 47.3 Å². The summed E-state index contributed by atoms with van der Waals surface area (Å²) in [7, 11) is 1.95. The molecule has 1 unspecified atom stereocenters. The molecule has 24 heavy (non-hydrogen) atoms. The second kappa shape index (κ2) is 6.63. The maximum Gasteiger partial charge on any atom is 0.252 e. The van der Waals surface area contributed by atoms with Gasteiger partial charge in [0.15, 0.2) is 0 Å². The minimum atomic E-state index is -0.849. The Labute approximate surface area is 143 Å². The Bertz CT molecular complexity index is 907. The van der Waals surface area contributed by atoms with Gasteiger partial charge >= 0.3 is 0 Å². The number of benzene rings is 2. The Morgan fingerprint density at radius 3 is 2.83 bits per heavy atom. The van der Waals surface area contributed by atoms with Crippen molar-refractivity contribution in [3.8, 4) is 0 Å². The van der Waals surface area contributed by atoms with Gasteiger partial charge < -0.3 is 15.0 Å². The number of hydrogen-bond donors (Lipinski definition) is 2. The van der Waals surface area contributed by atoms with Crippen molar-refractivity contribution in [2.24, 2.45) is 7.05 Å². The summed E-state index contributed by atoms with van der Waals surface area (Å²) in [5.41, 5.74) is 1.94. The third-order valence-electron chi connectivity index (χ3n) is 3.93. The predicted molar refractivity (Wildman–Crippen MR) is 91.6 cm³/mol. The lowest BCUT2D eigenvalue weighted by Crippen LogP contribution is -2.28. The maximum absolute atomic E-state index is 13.0. The van der Waals surface area contributed by atoms with Gasteiger partial charge in [0.05, 0.1) is 16.7 Å². The molecule has 1 amide bonds. The molecule has 6 heteroatoms. The molecule has 0 spiro atoms. The van der Waals surface area contributed by atoms with E-state index in [9.17, 15) is 14.3 Å². The second-order valence-electron chi connectivity index (χ2n) is 5.59. The van der Waals surface area contributed by atoms with Crippen LogP contribution >= 0.6 is 11.6 Å². The summed E-state index contributed by atoms with van der Waals surface area (Å²) in [6.45, 7) is 0.0326. The first-order valence-corrected chi connectivity index (χ1v) is 7.80. The number of carbonyl (C=O) groups is 1. The van der Waals surface area contributed by atoms with Crippen LogP contribution in [0.4, 0.5) is 4.39 Å². The van der Waals surface area contributed by atoms with Crippen LogP contribution in [0, 0.1) is 5.82 Å². The van der Waals surface area contributed by atoms with Gasteiger partial charge in [-0.25, -0.2) is 4.39 Å². The van der Waals surface area contributed by atoms with E-state index in [2.05, 4.69) is 5.32 Å². The molecule has 1 atom stereocenters. The third-order valence-corrected chi connectivity index (χ3v) is 4.24. The molecule has 0 fully saturated rings. The lowest BCUT2D eigenvalue weighted by atomic mass is 10.1. The largest absolute Gasteiger partial charge is 0.387 e. The second-order valence-corrected chi connectivity index (χ2v) is 6.00. The van der Waals surface area contributed by atoms with E-state index in [1.807, 2.05) is 42.1 Å². The number of amides is 1. The lowest BCUT2D eigenvalue weighted by molar-refractivity contribution is 0.0916. The molecular weight excluding hydrogens is 331 g/mol. The minimum Gasteiger partial charge on any atom is -0.387 e. The molecule has 1 aromatic heterocycles. The van der Waals surface area contributed by atoms with Crippen LogP contribution in [-0.2, 0) is 7.05 Å². The molecule has 2 aromatic carbocycles. The van der Waals surface area contributed by atoms with Crippen LogP contribution in [0.3, 0.4) is 0 Å². The standard InChI is InChI=1S/C18H16ClFN2O2/c1-22-7-6-11-8-12(2-5-16(11)22)17(23)10-21-18(24)14-4-3-13(20)9-15(14)19/h2-9,17,23H,10H2,1H3,(H,21,24). The fraction of sp³-hybridized carbons (Fsp3) is 0.167. The quantitative estimate of drug-likeness (QED) is 0.760. The van der Waals surface area contributed by atoms with E-state index >= 15 is 0 Å². The van der Waals surface area contributed by atoms with Crippen LogP contribution in [0.15, 0.2) is 48.7 Å². The summed E-state index contributed by atoms with van der Waals surface area (Å²) in [5.74, 6) is -0.965. The number of fused-ring (bicyclic) bond motifs is 1. The molecule has 2 N–H and O–H groups in total. The van der Waals surface area contributed by atoms with Crippen molar-refractivity contribution >= 4 is 28.4 Å². The number of aromatic nitrogens is 1. The zero-order valence-electron chi connectivity index (χ0n) is 13.0. The number of aliphatic hydroxyl groups excluding tert-OH is 1. The van der Waals surface area contributed by atoms with Crippen LogP contribution in [0.2, 0.25) is 5.02 Å². The number of nitrogens with one attached hydrogen (secondary N) is 1. The average Bonchev–Trinajstić information content (AvgIpc) is 2.93. The van der Waals surface area contributed by atoms with Crippen molar-refractivity contribution in [3.63, 3.8) is 0 Å². The molecule has 0 aliphatic rings. The Kier molecular flexibility index (Phi) is 4.55. The third kappa shape index (κ3) is 3.27. The molecule has 0 saturated carbocycles. The zero-order chi connectivity index (χ0) is 17.3. The molecule has 0 bridgehead atoms. The van der Waals surface area contributed by atoms with Gasteiger partial charge in [-0.15, -0.1) is 0 Å². The number of rotatable bonds is 4. The highest BCUT2D eigenvalue weighted by molar-refractivity contribution is 6.33. The highest BCUT2D eigenvalue weighted by atomic mass is 35.5. The normalized spacial score (nSPS) is 12.3. The van der Waals surface area contributed by atoms with Gasteiger partial charge in [0.2, 0.25) is 0 Å². The van der Waals surface area contributed by atoms with Gasteiger partial charge in [-0.1, -0.05) is 17.7 Å². The summed E-state index contributed by atoms with van der Waals surface area (Å²) >= 11 is 5.86. The topological polar surface area (TPSA) is 54.3 Å². The van der Waals surface area contributed by atoms with Crippen LogP contribution in [0.25, 0.3) is 10.9 Å². The summed E-state index contributed by atoms with van der Waals surface area (Å²) < 4.78 is 15.0. The van der Waals surface area contributed by atoms with E-state index in [-0.39, 0.29) is 17.1 Å². The van der Waals surface area contributed by atoms with Gasteiger partial charge in [0.1, 0.15) is 5.82 Å². The summed E-state index contributed by atoms with van der Waals surface area (Å²) in [4.78, 5) is 12.1. The highest BCUT2D eigenvalue weighted by Crippen LogP contribution is 2.21. The van der Waals surface area contributed by atoms with E-state index < -0.39 is 17.8 Å². The predicted octanol–water partition coefficient (Wildman–Crippen LogP) is 3.43. The van der Waals surface area contributed by atoms with Crippen molar-refractivity contribution in [1.82, 2.24) is 9.88 Å². The van der Waals surface area contributed by atoms with Gasteiger partial charge in [0.25, 0.3) is 5.91 Å². The highest BCUT2D eigenvalue weighted by Gasteiger charge is 2.14. The molecule has 0 aliphatic heterocycles. The van der Waals surface area contributed by atoms with Crippen LogP contribution in [-0.4, -0.2) is 22.1 Å². The van der Waals surface area contributed by atoms with Crippen LogP contribution in [0.1, 0.15) is 22.0 Å². The van der Waals surface area contributed by atoms with Gasteiger partial charge in [-0.2, -0.15) is 0 Å². The van der Waals surface area contributed by atoms with E-state index in [0.717, 1.165) is 17.0 Å². The molecule has 3 rings (SSSR count). The van der Waals surface area contributed by atoms with Gasteiger partial charge in [0, 0.05) is 25.3 Å². The smallest absolute Gasteiger partial charge is 0.252 e. The molecule has 1 heterocycles. The fourth-order valence-electron chi connectivity index (χ4n) is 2.58. The Morgan fingerprint density at radius 2 is 2.08 bits per heavy atom. The summed E-state index contributed by atoms with van der Waals surface area (Å²) in [6.07, 6.45) is 1.09. The molecular formula is C18H16ClFN2O2. The van der Waals surface area contributed by atoms with Crippen LogP contribution in [0.5, 0.6) is 0 Å². The van der Waals surface area contributed by atoms with E-state index in [0.29, 0.717) is 5.56 Å². The monoisotopic (exact) mass is 346 g/mol. The van der Waals surface area contributed by atoms with Gasteiger partial charge in [-0.3, -0.25) is 4.79 Å². The Hall–Kier alpha value is -2.37. The maximum atomic E-state index is 13.0. The first kappa shape index (κ1) is 16.5. The van der Waals surface area contributed by atoms with Crippen molar-refractivity contribution in [2.45, 2.75) is 6.10 Å². The molecule has 4 nitrogen and oxygen atoms in total. The Balaban J connectivity index is 1.69. The van der Waals surface area contributed by atoms with Crippen LogP contribution < -0.4 is 5.32 Å². The first-order valence-electron chi connectivity index (χ1n) is 7.42. The number of aliphatic hydroxyl groups is 1. The number of halogens is 2. The van der Waals surface area contributed by atoms with E-state index in [4.69, 9.17) is 11.6 Å². The molecule has 124 valence electrons. The molecule has 3 aromatic rings. The van der Waals surface area contributed by atoms with Crippen molar-refractivity contribution < 1.29 is 14.3 Å². The number of aryl methyl sites for hydroxylation is 1. The number of hydrogen-bond acceptors (Lipinski definition) is 2.